The zero-order valence-electron chi connectivity index (χ0n) is 11.0. The molecule has 0 aromatic carbocycles. The van der Waals surface area contributed by atoms with E-state index in [1.807, 2.05) is 37.5 Å². The summed E-state index contributed by atoms with van der Waals surface area (Å²) in [6.07, 6.45) is 8.07. The van der Waals surface area contributed by atoms with Crippen molar-refractivity contribution in [3.63, 3.8) is 0 Å². The molecule has 5 nitrogen and oxygen atoms in total. The summed E-state index contributed by atoms with van der Waals surface area (Å²) in [5.41, 5.74) is 1.05. The van der Waals surface area contributed by atoms with Crippen molar-refractivity contribution in [2.24, 2.45) is 0 Å². The van der Waals surface area contributed by atoms with Crippen LogP contribution in [0.15, 0.2) is 36.8 Å². The van der Waals surface area contributed by atoms with E-state index in [2.05, 4.69) is 15.4 Å². The summed E-state index contributed by atoms with van der Waals surface area (Å²) in [7, 11) is 0. The lowest BCUT2D eigenvalue weighted by atomic mass is 9.89. The Hall–Kier alpha value is -1.88. The Labute approximate surface area is 112 Å². The van der Waals surface area contributed by atoms with E-state index in [-0.39, 0.29) is 0 Å². The van der Waals surface area contributed by atoms with Gasteiger partial charge in [-0.1, -0.05) is 0 Å². The minimum Gasteiger partial charge on any atom is -0.381 e. The number of ether oxygens (including phenoxy) is 1. The van der Waals surface area contributed by atoms with Gasteiger partial charge in [0.15, 0.2) is 5.82 Å². The Balaban J connectivity index is 1.56. The monoisotopic (exact) mass is 258 g/mol. The van der Waals surface area contributed by atoms with E-state index in [0.717, 1.165) is 31.0 Å². The van der Waals surface area contributed by atoms with Crippen molar-refractivity contribution < 1.29 is 4.74 Å². The molecule has 0 spiro atoms. The highest BCUT2D eigenvalue weighted by atomic mass is 16.5. The number of hydrogen-bond acceptors (Lipinski definition) is 4. The molecule has 1 aliphatic rings. The molecule has 2 aromatic rings. The van der Waals surface area contributed by atoms with Gasteiger partial charge in [-0.25, -0.2) is 9.67 Å². The normalized spacial score (nSPS) is 21.9. The number of rotatable bonds is 5. The third-order valence-electron chi connectivity index (χ3n) is 3.35. The molecule has 0 bridgehead atoms. The fourth-order valence-corrected chi connectivity index (χ4v) is 2.30. The summed E-state index contributed by atoms with van der Waals surface area (Å²) >= 11 is 0. The van der Waals surface area contributed by atoms with Crippen molar-refractivity contribution in [2.45, 2.75) is 31.9 Å². The Morgan fingerprint density at radius 2 is 2.32 bits per heavy atom. The van der Waals surface area contributed by atoms with Crippen LogP contribution in [0.25, 0.3) is 5.82 Å². The van der Waals surface area contributed by atoms with Crippen LogP contribution in [0.2, 0.25) is 0 Å². The first kappa shape index (κ1) is 12.2. The predicted octanol–water partition coefficient (Wildman–Crippen LogP) is 2.25. The van der Waals surface area contributed by atoms with Crippen LogP contribution >= 0.6 is 0 Å². The van der Waals surface area contributed by atoms with E-state index in [1.165, 1.54) is 0 Å². The van der Waals surface area contributed by atoms with E-state index in [1.54, 1.807) is 10.9 Å². The van der Waals surface area contributed by atoms with Crippen LogP contribution in [0.1, 0.15) is 19.8 Å². The lowest BCUT2D eigenvalue weighted by Crippen LogP contribution is -2.40. The first-order valence-electron chi connectivity index (χ1n) is 6.69. The first-order chi connectivity index (χ1) is 9.35. The third-order valence-corrected chi connectivity index (χ3v) is 3.35. The van der Waals surface area contributed by atoms with Gasteiger partial charge in [0.25, 0.3) is 0 Å². The number of nitrogens with one attached hydrogen (secondary N) is 1. The van der Waals surface area contributed by atoms with Gasteiger partial charge in [-0.2, -0.15) is 5.10 Å². The molecule has 0 unspecified atom stereocenters. The van der Waals surface area contributed by atoms with Crippen molar-refractivity contribution in [1.29, 1.82) is 0 Å². The highest BCUT2D eigenvalue weighted by Crippen LogP contribution is 2.26. The van der Waals surface area contributed by atoms with Crippen LogP contribution in [-0.4, -0.2) is 33.5 Å². The lowest BCUT2D eigenvalue weighted by Gasteiger charge is -2.35. The van der Waals surface area contributed by atoms with Gasteiger partial charge in [0, 0.05) is 25.0 Å². The van der Waals surface area contributed by atoms with Crippen LogP contribution in [0, 0.1) is 0 Å². The van der Waals surface area contributed by atoms with Gasteiger partial charge >= 0.3 is 0 Å². The quantitative estimate of drug-likeness (QED) is 0.893. The molecule has 19 heavy (non-hydrogen) atoms. The second-order valence-electron chi connectivity index (χ2n) is 4.75. The van der Waals surface area contributed by atoms with Crippen molar-refractivity contribution in [1.82, 2.24) is 14.8 Å². The van der Waals surface area contributed by atoms with E-state index in [9.17, 15) is 0 Å². The third kappa shape index (κ3) is 2.76. The van der Waals surface area contributed by atoms with Gasteiger partial charge in [-0.3, -0.25) is 0 Å². The number of pyridine rings is 1. The van der Waals surface area contributed by atoms with Crippen molar-refractivity contribution in [3.05, 3.63) is 36.8 Å². The molecular formula is C14H18N4O. The van der Waals surface area contributed by atoms with Crippen LogP contribution in [0.4, 0.5) is 5.69 Å². The molecule has 5 heteroatoms. The molecule has 1 aliphatic carbocycles. The molecule has 0 radical (unpaired) electrons. The number of hydrogen-bond donors (Lipinski definition) is 1. The predicted molar refractivity (Wildman–Crippen MR) is 73.4 cm³/mol. The minimum atomic E-state index is 0.429. The van der Waals surface area contributed by atoms with Crippen LogP contribution in [0.5, 0.6) is 0 Å². The number of aromatic nitrogens is 3. The largest absolute Gasteiger partial charge is 0.381 e. The van der Waals surface area contributed by atoms with Gasteiger partial charge in [-0.05, 0) is 38.0 Å². The highest BCUT2D eigenvalue weighted by molar-refractivity contribution is 5.44. The molecule has 2 aromatic heterocycles. The Kier molecular flexibility index (Phi) is 3.46. The van der Waals surface area contributed by atoms with E-state index in [0.29, 0.717) is 12.1 Å². The molecule has 0 amide bonds. The van der Waals surface area contributed by atoms with Gasteiger partial charge in [-0.15, -0.1) is 0 Å². The summed E-state index contributed by atoms with van der Waals surface area (Å²) < 4.78 is 7.29. The number of nitrogens with zero attached hydrogens (tertiary/aromatic N) is 3. The van der Waals surface area contributed by atoms with Crippen molar-refractivity contribution in [3.8, 4) is 5.82 Å². The zero-order chi connectivity index (χ0) is 13.1. The van der Waals surface area contributed by atoms with Gasteiger partial charge < -0.3 is 10.1 Å². The van der Waals surface area contributed by atoms with E-state index < -0.39 is 0 Å². The molecule has 0 aliphatic heterocycles. The summed E-state index contributed by atoms with van der Waals surface area (Å²) in [6.45, 7) is 2.84. The smallest absolute Gasteiger partial charge is 0.153 e. The molecule has 0 atom stereocenters. The number of anilines is 1. The fraction of sp³-hybridized carbons (Fsp3) is 0.429. The van der Waals surface area contributed by atoms with Crippen LogP contribution < -0.4 is 5.32 Å². The molecular weight excluding hydrogens is 240 g/mol. The second-order valence-corrected chi connectivity index (χ2v) is 4.75. The summed E-state index contributed by atoms with van der Waals surface area (Å²) in [5, 5.41) is 7.62. The van der Waals surface area contributed by atoms with Gasteiger partial charge in [0.1, 0.15) is 0 Å². The zero-order valence-corrected chi connectivity index (χ0v) is 11.0. The average Bonchev–Trinajstić information content (AvgIpc) is 2.91. The standard InChI is InChI=1S/C14H18N4O/c1-2-19-13-8-12(9-13)17-11-4-5-14(15-10-11)18-7-3-6-16-18/h3-7,10,12-13,17H,2,8-9H2,1H3. The average molecular weight is 258 g/mol. The Morgan fingerprint density at radius 1 is 1.42 bits per heavy atom. The summed E-state index contributed by atoms with van der Waals surface area (Å²) in [6, 6.07) is 6.40. The summed E-state index contributed by atoms with van der Waals surface area (Å²) in [4.78, 5) is 4.39. The van der Waals surface area contributed by atoms with E-state index >= 15 is 0 Å². The molecule has 2 heterocycles. The maximum Gasteiger partial charge on any atom is 0.153 e. The minimum absolute atomic E-state index is 0.429. The van der Waals surface area contributed by atoms with E-state index in [4.69, 9.17) is 4.74 Å². The van der Waals surface area contributed by atoms with Gasteiger partial charge in [0.2, 0.25) is 0 Å². The van der Waals surface area contributed by atoms with Gasteiger partial charge in [0.05, 0.1) is 18.0 Å². The fourth-order valence-electron chi connectivity index (χ4n) is 2.30. The second kappa shape index (κ2) is 5.40. The molecule has 1 saturated carbocycles. The first-order valence-corrected chi connectivity index (χ1v) is 6.69. The lowest BCUT2D eigenvalue weighted by molar-refractivity contribution is 0.00299. The SMILES string of the molecule is CCOC1CC(Nc2ccc(-n3cccn3)nc2)C1. The van der Waals surface area contributed by atoms with Crippen molar-refractivity contribution in [2.75, 3.05) is 11.9 Å². The molecule has 1 fully saturated rings. The maximum atomic E-state index is 5.55. The van der Waals surface area contributed by atoms with Crippen LogP contribution in [0.3, 0.4) is 0 Å². The maximum absolute atomic E-state index is 5.55. The Morgan fingerprint density at radius 3 is 2.95 bits per heavy atom. The molecule has 100 valence electrons. The molecule has 1 N–H and O–H groups in total. The highest BCUT2D eigenvalue weighted by Gasteiger charge is 2.29. The van der Waals surface area contributed by atoms with Crippen LogP contribution in [-0.2, 0) is 4.74 Å². The van der Waals surface area contributed by atoms with Crippen molar-refractivity contribution >= 4 is 5.69 Å². The topological polar surface area (TPSA) is 52.0 Å². The summed E-state index contributed by atoms with van der Waals surface area (Å²) in [5.74, 6) is 0.830. The molecule has 0 saturated heterocycles. The Bertz CT molecular complexity index is 503. The molecule has 3 rings (SSSR count).